The van der Waals surface area contributed by atoms with E-state index in [4.69, 9.17) is 21.1 Å². The minimum absolute atomic E-state index is 0.0815. The van der Waals surface area contributed by atoms with Gasteiger partial charge in [0, 0.05) is 16.3 Å². The molecule has 2 N–H and O–H groups in total. The molecule has 1 saturated heterocycles. The minimum Gasteiger partial charge on any atom is -0.507 e. The van der Waals surface area contributed by atoms with Gasteiger partial charge in [-0.05, 0) is 79.9 Å². The van der Waals surface area contributed by atoms with E-state index in [1.54, 1.807) is 62.4 Å². The normalized spacial score (nSPS) is 16.9. The van der Waals surface area contributed by atoms with Crippen LogP contribution in [0.15, 0.2) is 60.2 Å². The number of amides is 1. The largest absolute Gasteiger partial charge is 0.507 e. The number of rotatable bonds is 6. The maximum absolute atomic E-state index is 13.4. The quantitative estimate of drug-likeness (QED) is 0.252. The highest BCUT2D eigenvalue weighted by Gasteiger charge is 2.47. The summed E-state index contributed by atoms with van der Waals surface area (Å²) in [6.07, 6.45) is 0. The lowest BCUT2D eigenvalue weighted by Crippen LogP contribution is -2.29. The van der Waals surface area contributed by atoms with E-state index in [0.29, 0.717) is 39.8 Å². The molecule has 0 aromatic heterocycles. The highest BCUT2D eigenvalue weighted by molar-refractivity contribution is 6.51. The number of aromatic hydroxyl groups is 1. The number of carbonyl (C=O) groups is 2. The predicted octanol–water partition coefficient (Wildman–Crippen LogP) is 5.70. The molecule has 0 aliphatic carbocycles. The smallest absolute Gasteiger partial charge is 0.300 e. The minimum atomic E-state index is -0.995. The molecule has 186 valence electrons. The number of aryl methyl sites for hydroxylation is 2. The summed E-state index contributed by atoms with van der Waals surface area (Å²) in [4.78, 5) is 28.1. The number of anilines is 1. The maximum Gasteiger partial charge on any atom is 0.300 e. The first-order chi connectivity index (χ1) is 17.2. The van der Waals surface area contributed by atoms with E-state index in [9.17, 15) is 19.8 Å². The van der Waals surface area contributed by atoms with Crippen molar-refractivity contribution in [3.05, 3.63) is 87.4 Å². The van der Waals surface area contributed by atoms with Gasteiger partial charge in [-0.15, -0.1) is 0 Å². The Morgan fingerprint density at radius 1 is 1.03 bits per heavy atom. The van der Waals surface area contributed by atoms with E-state index in [-0.39, 0.29) is 22.8 Å². The number of phenols is 1. The molecule has 3 aromatic rings. The summed E-state index contributed by atoms with van der Waals surface area (Å²) in [6, 6.07) is 13.7. The Morgan fingerprint density at radius 3 is 2.42 bits per heavy atom. The van der Waals surface area contributed by atoms with Crippen molar-refractivity contribution in [3.8, 4) is 17.2 Å². The monoisotopic (exact) mass is 507 g/mol. The Balaban J connectivity index is 1.98. The standard InChI is InChI=1S/C28H26ClNO6/c1-5-36-23-13-17(7-11-22(23)31)25-24(26(32)20-10-9-19(35-4)12-16(20)3)27(33)28(34)30(25)18-8-6-15(2)21(29)14-18/h6-14,25,31-32H,5H2,1-4H3/b26-24+. The highest BCUT2D eigenvalue weighted by atomic mass is 35.5. The highest BCUT2D eigenvalue weighted by Crippen LogP contribution is 2.45. The molecule has 1 heterocycles. The average Bonchev–Trinajstić information content (AvgIpc) is 3.12. The van der Waals surface area contributed by atoms with Crippen LogP contribution in [0.4, 0.5) is 5.69 Å². The molecule has 0 spiro atoms. The first kappa shape index (κ1) is 25.1. The number of benzene rings is 3. The Kier molecular flexibility index (Phi) is 6.95. The third kappa shape index (κ3) is 4.38. The molecular weight excluding hydrogens is 482 g/mol. The summed E-state index contributed by atoms with van der Waals surface area (Å²) in [5.41, 5.74) is 2.65. The van der Waals surface area contributed by atoms with E-state index >= 15 is 0 Å². The zero-order chi connectivity index (χ0) is 26.1. The molecule has 1 aliphatic heterocycles. The zero-order valence-corrected chi connectivity index (χ0v) is 21.1. The molecule has 4 rings (SSSR count). The number of halogens is 1. The van der Waals surface area contributed by atoms with Crippen molar-refractivity contribution < 1.29 is 29.3 Å². The molecule has 1 fully saturated rings. The molecule has 8 heteroatoms. The van der Waals surface area contributed by atoms with Crippen LogP contribution in [-0.2, 0) is 9.59 Å². The summed E-state index contributed by atoms with van der Waals surface area (Å²) in [5, 5.41) is 22.1. The second-order valence-electron chi connectivity index (χ2n) is 8.44. The van der Waals surface area contributed by atoms with Crippen molar-refractivity contribution in [2.45, 2.75) is 26.8 Å². The van der Waals surface area contributed by atoms with Crippen LogP contribution in [0.2, 0.25) is 5.02 Å². The molecule has 3 aromatic carbocycles. The summed E-state index contributed by atoms with van der Waals surface area (Å²) >= 11 is 6.35. The first-order valence-electron chi connectivity index (χ1n) is 11.4. The Bertz CT molecular complexity index is 1400. The second kappa shape index (κ2) is 9.95. The van der Waals surface area contributed by atoms with Crippen molar-refractivity contribution in [3.63, 3.8) is 0 Å². The number of aliphatic hydroxyl groups excluding tert-OH is 1. The van der Waals surface area contributed by atoms with Crippen LogP contribution in [0.25, 0.3) is 5.76 Å². The molecule has 36 heavy (non-hydrogen) atoms. The summed E-state index contributed by atoms with van der Waals surface area (Å²) in [7, 11) is 1.54. The van der Waals surface area contributed by atoms with Gasteiger partial charge < -0.3 is 19.7 Å². The number of hydrogen-bond donors (Lipinski definition) is 2. The van der Waals surface area contributed by atoms with Crippen LogP contribution in [0, 0.1) is 13.8 Å². The summed E-state index contributed by atoms with van der Waals surface area (Å²) < 4.78 is 10.8. The Hall–Kier alpha value is -3.97. The third-order valence-electron chi connectivity index (χ3n) is 6.17. The van der Waals surface area contributed by atoms with E-state index in [2.05, 4.69) is 0 Å². The topological polar surface area (TPSA) is 96.3 Å². The molecule has 1 unspecified atom stereocenters. The molecule has 0 radical (unpaired) electrons. The number of Topliss-reactive ketones (excluding diaryl/α,β-unsaturated/α-hetero) is 1. The molecule has 0 bridgehead atoms. The van der Waals surface area contributed by atoms with Gasteiger partial charge in [0.05, 0.1) is 25.3 Å². The predicted molar refractivity (Wildman–Crippen MR) is 138 cm³/mol. The summed E-state index contributed by atoms with van der Waals surface area (Å²) in [6.45, 7) is 5.68. The summed E-state index contributed by atoms with van der Waals surface area (Å²) in [5.74, 6) is -1.25. The lowest BCUT2D eigenvalue weighted by Gasteiger charge is -2.26. The van der Waals surface area contributed by atoms with Crippen molar-refractivity contribution in [2.24, 2.45) is 0 Å². The molecule has 1 amide bonds. The number of methoxy groups -OCH3 is 1. The fourth-order valence-electron chi connectivity index (χ4n) is 4.29. The van der Waals surface area contributed by atoms with Crippen LogP contribution in [0.5, 0.6) is 17.2 Å². The number of carbonyl (C=O) groups excluding carboxylic acids is 2. The second-order valence-corrected chi connectivity index (χ2v) is 8.85. The first-order valence-corrected chi connectivity index (χ1v) is 11.7. The van der Waals surface area contributed by atoms with Crippen molar-refractivity contribution in [1.82, 2.24) is 0 Å². The number of ether oxygens (including phenoxy) is 2. The van der Waals surface area contributed by atoms with E-state index in [0.717, 1.165) is 5.56 Å². The van der Waals surface area contributed by atoms with Crippen LogP contribution in [-0.4, -0.2) is 35.6 Å². The van der Waals surface area contributed by atoms with Crippen molar-refractivity contribution in [2.75, 3.05) is 18.6 Å². The van der Waals surface area contributed by atoms with Gasteiger partial charge in [-0.1, -0.05) is 23.7 Å². The van der Waals surface area contributed by atoms with Gasteiger partial charge in [0.1, 0.15) is 11.5 Å². The van der Waals surface area contributed by atoms with Crippen LogP contribution in [0.1, 0.15) is 35.2 Å². The fourth-order valence-corrected chi connectivity index (χ4v) is 4.47. The van der Waals surface area contributed by atoms with Gasteiger partial charge in [0.15, 0.2) is 11.5 Å². The van der Waals surface area contributed by atoms with Gasteiger partial charge in [-0.3, -0.25) is 14.5 Å². The zero-order valence-electron chi connectivity index (χ0n) is 20.3. The van der Waals surface area contributed by atoms with E-state index < -0.39 is 17.7 Å². The third-order valence-corrected chi connectivity index (χ3v) is 6.57. The molecule has 1 atom stereocenters. The van der Waals surface area contributed by atoms with Crippen LogP contribution >= 0.6 is 11.6 Å². The van der Waals surface area contributed by atoms with Gasteiger partial charge in [0.2, 0.25) is 0 Å². The van der Waals surface area contributed by atoms with E-state index in [1.807, 2.05) is 6.92 Å². The maximum atomic E-state index is 13.4. The number of phenolic OH excluding ortho intramolecular Hbond substituents is 1. The molecule has 1 aliphatic rings. The Morgan fingerprint density at radius 2 is 1.78 bits per heavy atom. The van der Waals surface area contributed by atoms with Gasteiger partial charge in [-0.2, -0.15) is 0 Å². The van der Waals surface area contributed by atoms with Crippen molar-refractivity contribution >= 4 is 34.7 Å². The SMILES string of the molecule is CCOc1cc(C2/C(=C(\O)c3ccc(OC)cc3C)C(=O)C(=O)N2c2ccc(C)c(Cl)c2)ccc1O. The van der Waals surface area contributed by atoms with Crippen LogP contribution in [0.3, 0.4) is 0 Å². The average molecular weight is 508 g/mol. The lowest BCUT2D eigenvalue weighted by molar-refractivity contribution is -0.132. The molecule has 7 nitrogen and oxygen atoms in total. The molecular formula is C28H26ClNO6. The fraction of sp³-hybridized carbons (Fsp3) is 0.214. The van der Waals surface area contributed by atoms with Gasteiger partial charge in [0.25, 0.3) is 11.7 Å². The number of aliphatic hydroxyl groups is 1. The Labute approximate surface area is 214 Å². The number of ketones is 1. The molecule has 0 saturated carbocycles. The van der Waals surface area contributed by atoms with Crippen molar-refractivity contribution in [1.29, 1.82) is 0 Å². The number of hydrogen-bond acceptors (Lipinski definition) is 6. The lowest BCUT2D eigenvalue weighted by atomic mass is 9.93. The van der Waals surface area contributed by atoms with Gasteiger partial charge >= 0.3 is 0 Å². The van der Waals surface area contributed by atoms with Gasteiger partial charge in [-0.25, -0.2) is 0 Å². The number of nitrogens with zero attached hydrogens (tertiary/aromatic N) is 1. The van der Waals surface area contributed by atoms with Crippen LogP contribution < -0.4 is 14.4 Å². The van der Waals surface area contributed by atoms with E-state index in [1.165, 1.54) is 18.1 Å².